The van der Waals surface area contributed by atoms with E-state index in [2.05, 4.69) is 5.32 Å². The molecule has 0 aromatic heterocycles. The van der Waals surface area contributed by atoms with Crippen LogP contribution in [0.3, 0.4) is 0 Å². The van der Waals surface area contributed by atoms with Gasteiger partial charge in [0.25, 0.3) is 5.91 Å². The molecule has 116 valence electrons. The number of halogens is 1. The molecule has 22 heavy (non-hydrogen) atoms. The molecule has 2 aromatic carbocycles. The van der Waals surface area contributed by atoms with E-state index in [4.69, 9.17) is 16.3 Å². The highest BCUT2D eigenvalue weighted by Gasteiger charge is 2.05. The first-order valence-corrected chi connectivity index (χ1v) is 7.34. The summed E-state index contributed by atoms with van der Waals surface area (Å²) in [4.78, 5) is 11.8. The van der Waals surface area contributed by atoms with Crippen molar-refractivity contribution in [2.45, 2.75) is 19.6 Å². The minimum Gasteiger partial charge on any atom is -0.484 e. The van der Waals surface area contributed by atoms with Gasteiger partial charge in [-0.25, -0.2) is 0 Å². The summed E-state index contributed by atoms with van der Waals surface area (Å²) in [6.07, 6.45) is -0.569. The molecule has 0 spiro atoms. The minimum absolute atomic E-state index is 0.0795. The van der Waals surface area contributed by atoms with Crippen LogP contribution in [0.2, 0.25) is 5.02 Å². The fraction of sp³-hybridized carbons (Fsp3) is 0.235. The molecule has 2 rings (SSSR count). The van der Waals surface area contributed by atoms with Gasteiger partial charge in [0, 0.05) is 11.6 Å². The van der Waals surface area contributed by atoms with E-state index >= 15 is 0 Å². The Morgan fingerprint density at radius 2 is 2.05 bits per heavy atom. The van der Waals surface area contributed by atoms with Crippen molar-refractivity contribution >= 4 is 17.5 Å². The largest absolute Gasteiger partial charge is 0.484 e. The van der Waals surface area contributed by atoms with Gasteiger partial charge in [0.15, 0.2) is 6.61 Å². The molecule has 0 saturated carbocycles. The normalized spacial score (nSPS) is 11.8. The summed E-state index contributed by atoms with van der Waals surface area (Å²) in [5.74, 6) is 0.332. The fourth-order valence-corrected chi connectivity index (χ4v) is 2.12. The Hall–Kier alpha value is -2.04. The van der Waals surface area contributed by atoms with Crippen LogP contribution in [0.5, 0.6) is 5.75 Å². The van der Waals surface area contributed by atoms with E-state index in [1.165, 1.54) is 0 Å². The number of hydrogen-bond acceptors (Lipinski definition) is 3. The molecule has 0 aliphatic heterocycles. The molecule has 0 aliphatic carbocycles. The summed E-state index contributed by atoms with van der Waals surface area (Å²) >= 11 is 5.88. The van der Waals surface area contributed by atoms with Gasteiger partial charge in [-0.2, -0.15) is 0 Å². The summed E-state index contributed by atoms with van der Waals surface area (Å²) in [5, 5.41) is 12.9. The maximum Gasteiger partial charge on any atom is 0.258 e. The Bertz CT molecular complexity index is 643. The van der Waals surface area contributed by atoms with E-state index in [0.29, 0.717) is 17.3 Å². The average Bonchev–Trinajstić information content (AvgIpc) is 2.51. The summed E-state index contributed by atoms with van der Waals surface area (Å²) in [7, 11) is 0. The number of hydrogen-bond donors (Lipinski definition) is 2. The number of carbonyl (C=O) groups excluding carboxylic acids is 1. The molecule has 1 amide bonds. The van der Waals surface area contributed by atoms with Crippen molar-refractivity contribution in [3.05, 3.63) is 64.7 Å². The molecule has 0 saturated heterocycles. The lowest BCUT2D eigenvalue weighted by Gasteiger charge is -2.10. The van der Waals surface area contributed by atoms with Gasteiger partial charge in [-0.15, -0.1) is 0 Å². The zero-order valence-electron chi connectivity index (χ0n) is 12.3. The first-order chi connectivity index (χ1) is 10.5. The van der Waals surface area contributed by atoms with Gasteiger partial charge in [0.2, 0.25) is 0 Å². The highest BCUT2D eigenvalue weighted by molar-refractivity contribution is 6.30. The first kappa shape index (κ1) is 16.3. The number of nitrogens with one attached hydrogen (secondary N) is 1. The number of rotatable bonds is 6. The first-order valence-electron chi connectivity index (χ1n) is 6.96. The number of carbonyl (C=O) groups is 1. The molecule has 2 N–H and O–H groups in total. The monoisotopic (exact) mass is 319 g/mol. The van der Waals surface area contributed by atoms with Crippen LogP contribution in [0, 0.1) is 0 Å². The van der Waals surface area contributed by atoms with Crippen molar-refractivity contribution in [3.8, 4) is 5.75 Å². The summed E-state index contributed by atoms with van der Waals surface area (Å²) < 4.78 is 5.42. The van der Waals surface area contributed by atoms with Crippen LogP contribution in [-0.4, -0.2) is 17.6 Å². The lowest BCUT2D eigenvalue weighted by molar-refractivity contribution is -0.123. The summed E-state index contributed by atoms with van der Waals surface area (Å²) in [5.41, 5.74) is 1.67. The third-order valence-electron chi connectivity index (χ3n) is 3.09. The molecular formula is C17H18ClNO3. The van der Waals surface area contributed by atoms with Crippen molar-refractivity contribution in [1.29, 1.82) is 0 Å². The van der Waals surface area contributed by atoms with E-state index in [9.17, 15) is 9.90 Å². The van der Waals surface area contributed by atoms with Gasteiger partial charge in [-0.05, 0) is 42.3 Å². The Morgan fingerprint density at radius 3 is 2.77 bits per heavy atom. The molecule has 2 aromatic rings. The predicted molar refractivity (Wildman–Crippen MR) is 85.9 cm³/mol. The van der Waals surface area contributed by atoms with E-state index in [1.54, 1.807) is 43.3 Å². The molecule has 0 heterocycles. The van der Waals surface area contributed by atoms with Gasteiger partial charge >= 0.3 is 0 Å². The van der Waals surface area contributed by atoms with Crippen LogP contribution in [0.4, 0.5) is 0 Å². The molecule has 0 bridgehead atoms. The topological polar surface area (TPSA) is 58.6 Å². The zero-order valence-corrected chi connectivity index (χ0v) is 13.0. The van der Waals surface area contributed by atoms with Crippen molar-refractivity contribution < 1.29 is 14.6 Å². The second kappa shape index (κ2) is 7.82. The molecule has 5 heteroatoms. The second-order valence-corrected chi connectivity index (χ2v) is 5.38. The van der Waals surface area contributed by atoms with Crippen LogP contribution < -0.4 is 10.1 Å². The van der Waals surface area contributed by atoms with Gasteiger partial charge in [-0.1, -0.05) is 35.9 Å². The van der Waals surface area contributed by atoms with Crippen LogP contribution in [0.25, 0.3) is 0 Å². The summed E-state index contributed by atoms with van der Waals surface area (Å²) in [6.45, 7) is 2.00. The third kappa shape index (κ3) is 5.06. The number of benzene rings is 2. The zero-order chi connectivity index (χ0) is 15.9. The Kier molecular flexibility index (Phi) is 5.81. The number of aliphatic hydroxyl groups is 1. The van der Waals surface area contributed by atoms with E-state index in [0.717, 1.165) is 11.1 Å². The lowest BCUT2D eigenvalue weighted by atomic mass is 10.1. The second-order valence-electron chi connectivity index (χ2n) is 4.94. The van der Waals surface area contributed by atoms with E-state index in [-0.39, 0.29) is 12.5 Å². The predicted octanol–water partition coefficient (Wildman–Crippen LogP) is 3.09. The minimum atomic E-state index is -0.569. The quantitative estimate of drug-likeness (QED) is 0.860. The smallest absolute Gasteiger partial charge is 0.258 e. The van der Waals surface area contributed by atoms with Gasteiger partial charge in [0.1, 0.15) is 5.75 Å². The molecule has 0 radical (unpaired) electrons. The molecular weight excluding hydrogens is 302 g/mol. The SMILES string of the molecule is CC(O)c1cccc(OCC(=O)NCc2cccc(Cl)c2)c1. The molecule has 1 atom stereocenters. The van der Waals surface area contributed by atoms with Gasteiger partial charge < -0.3 is 15.2 Å². The Morgan fingerprint density at radius 1 is 1.27 bits per heavy atom. The van der Waals surface area contributed by atoms with Crippen LogP contribution in [-0.2, 0) is 11.3 Å². The van der Waals surface area contributed by atoms with Crippen molar-refractivity contribution in [1.82, 2.24) is 5.32 Å². The lowest BCUT2D eigenvalue weighted by Crippen LogP contribution is -2.28. The Balaban J connectivity index is 1.81. The number of amides is 1. The average molecular weight is 320 g/mol. The molecule has 0 aliphatic rings. The van der Waals surface area contributed by atoms with Crippen molar-refractivity contribution in [2.24, 2.45) is 0 Å². The maximum atomic E-state index is 11.8. The van der Waals surface area contributed by atoms with E-state index in [1.807, 2.05) is 12.1 Å². The highest BCUT2D eigenvalue weighted by Crippen LogP contribution is 2.18. The molecule has 4 nitrogen and oxygen atoms in total. The number of aliphatic hydroxyl groups excluding tert-OH is 1. The van der Waals surface area contributed by atoms with E-state index < -0.39 is 6.10 Å². The van der Waals surface area contributed by atoms with Crippen LogP contribution in [0.15, 0.2) is 48.5 Å². The van der Waals surface area contributed by atoms with Crippen molar-refractivity contribution in [3.63, 3.8) is 0 Å². The van der Waals surface area contributed by atoms with Crippen LogP contribution in [0.1, 0.15) is 24.2 Å². The van der Waals surface area contributed by atoms with Crippen molar-refractivity contribution in [2.75, 3.05) is 6.61 Å². The Labute approximate surface area is 134 Å². The highest BCUT2D eigenvalue weighted by atomic mass is 35.5. The molecule has 0 fully saturated rings. The number of ether oxygens (including phenoxy) is 1. The fourth-order valence-electron chi connectivity index (χ4n) is 1.91. The maximum absolute atomic E-state index is 11.8. The standard InChI is InChI=1S/C17H18ClNO3/c1-12(20)14-5-3-7-16(9-14)22-11-17(21)19-10-13-4-2-6-15(18)8-13/h2-9,12,20H,10-11H2,1H3,(H,19,21). The van der Waals surface area contributed by atoms with Gasteiger partial charge in [0.05, 0.1) is 6.10 Å². The third-order valence-corrected chi connectivity index (χ3v) is 3.32. The van der Waals surface area contributed by atoms with Gasteiger partial charge in [-0.3, -0.25) is 4.79 Å². The summed E-state index contributed by atoms with van der Waals surface area (Å²) in [6, 6.07) is 14.4. The van der Waals surface area contributed by atoms with Crippen LogP contribution >= 0.6 is 11.6 Å². The molecule has 1 unspecified atom stereocenters.